The van der Waals surface area contributed by atoms with Crippen LogP contribution in [0.4, 0.5) is 8.78 Å². The first-order chi connectivity index (χ1) is 21.8. The maximum absolute atomic E-state index is 16.0. The van der Waals surface area contributed by atoms with Crippen molar-refractivity contribution in [1.82, 2.24) is 29.2 Å². The van der Waals surface area contributed by atoms with Crippen molar-refractivity contribution in [1.29, 1.82) is 0 Å². The predicted molar refractivity (Wildman–Crippen MR) is 165 cm³/mol. The van der Waals surface area contributed by atoms with Crippen LogP contribution in [0, 0.1) is 11.6 Å². The van der Waals surface area contributed by atoms with Gasteiger partial charge in [0.25, 0.3) is 0 Å². The van der Waals surface area contributed by atoms with Gasteiger partial charge in [-0.15, -0.1) is 0 Å². The van der Waals surface area contributed by atoms with E-state index in [2.05, 4.69) is 11.6 Å². The third kappa shape index (κ3) is 4.78. The normalized spacial score (nSPS) is 15.8. The maximum Gasteiger partial charge on any atom is 0.246 e. The molecule has 0 radical (unpaired) electrons. The molecular weight excluding hydrogens is 578 g/mol. The largest absolute Gasteiger partial charge is 0.490 e. The van der Waals surface area contributed by atoms with Gasteiger partial charge < -0.3 is 19.3 Å². The number of fused-ring (bicyclic) bond motifs is 3. The standard InChI is InChI=1S/C34H32F2N6O3/c1-4-30(44)41-10-11-42-28(19(41)2)17-26(39-42)34-31(32-24(36)15-21(35)16-29(32)45-13-12-43)22-6-5-7-23(22)33(38-34)20-8-9-27-25(14-20)37-18-40(27)3/h4,8-9,14-19,43H,1,5-7,10-13H2,2-3H3/t19-/m1/s1. The van der Waals surface area contributed by atoms with E-state index in [4.69, 9.17) is 14.8 Å². The van der Waals surface area contributed by atoms with E-state index in [1.807, 2.05) is 47.5 Å². The lowest BCUT2D eigenvalue weighted by Crippen LogP contribution is -2.40. The molecule has 3 aromatic heterocycles. The van der Waals surface area contributed by atoms with Gasteiger partial charge in [-0.25, -0.2) is 18.7 Å². The summed E-state index contributed by atoms with van der Waals surface area (Å²) in [4.78, 5) is 24.1. The summed E-state index contributed by atoms with van der Waals surface area (Å²) in [5, 5.41) is 14.4. The van der Waals surface area contributed by atoms with Gasteiger partial charge in [0.15, 0.2) is 0 Å². The summed E-state index contributed by atoms with van der Waals surface area (Å²) in [6.45, 7) is 6.06. The number of benzene rings is 2. The highest BCUT2D eigenvalue weighted by Gasteiger charge is 2.33. The molecular formula is C34H32F2N6O3. The van der Waals surface area contributed by atoms with Crippen LogP contribution in [0.3, 0.4) is 0 Å². The summed E-state index contributed by atoms with van der Waals surface area (Å²) in [7, 11) is 1.94. The molecule has 0 spiro atoms. The molecule has 7 rings (SSSR count). The van der Waals surface area contributed by atoms with Crippen molar-refractivity contribution < 1.29 is 23.4 Å². The molecule has 1 amide bonds. The van der Waals surface area contributed by atoms with E-state index in [1.165, 1.54) is 6.08 Å². The van der Waals surface area contributed by atoms with Crippen molar-refractivity contribution in [2.75, 3.05) is 19.8 Å². The number of hydrogen-bond donors (Lipinski definition) is 1. The first kappa shape index (κ1) is 28.8. The molecule has 1 aliphatic carbocycles. The highest BCUT2D eigenvalue weighted by molar-refractivity contribution is 5.91. The van der Waals surface area contributed by atoms with Crippen molar-refractivity contribution in [3.8, 4) is 39.5 Å². The van der Waals surface area contributed by atoms with Gasteiger partial charge in [-0.3, -0.25) is 9.48 Å². The lowest BCUT2D eigenvalue weighted by atomic mass is 9.90. The molecule has 0 saturated heterocycles. The third-order valence-corrected chi connectivity index (χ3v) is 8.84. The molecule has 45 heavy (non-hydrogen) atoms. The Bertz CT molecular complexity index is 2000. The van der Waals surface area contributed by atoms with E-state index in [-0.39, 0.29) is 36.5 Å². The lowest BCUT2D eigenvalue weighted by molar-refractivity contribution is -0.129. The fourth-order valence-electron chi connectivity index (χ4n) is 6.73. The molecule has 1 N–H and O–H groups in total. The number of ether oxygens (including phenoxy) is 1. The highest BCUT2D eigenvalue weighted by atomic mass is 19.1. The van der Waals surface area contributed by atoms with Gasteiger partial charge in [0.1, 0.15) is 29.7 Å². The van der Waals surface area contributed by atoms with Crippen LogP contribution in [0.25, 0.3) is 44.8 Å². The molecule has 4 heterocycles. The van der Waals surface area contributed by atoms with Crippen LogP contribution in [0.5, 0.6) is 5.75 Å². The Labute approximate surface area is 258 Å². The molecule has 230 valence electrons. The summed E-state index contributed by atoms with van der Waals surface area (Å²) in [5.74, 6) is -1.75. The average molecular weight is 611 g/mol. The third-order valence-electron chi connectivity index (χ3n) is 8.84. The van der Waals surface area contributed by atoms with Gasteiger partial charge in [-0.2, -0.15) is 5.10 Å². The van der Waals surface area contributed by atoms with Crippen LogP contribution < -0.4 is 4.74 Å². The van der Waals surface area contributed by atoms with E-state index in [0.717, 1.165) is 64.1 Å². The number of aromatic nitrogens is 5. The fourth-order valence-corrected chi connectivity index (χ4v) is 6.73. The lowest BCUT2D eigenvalue weighted by Gasteiger charge is -2.33. The van der Waals surface area contributed by atoms with Crippen LogP contribution in [0.1, 0.15) is 36.2 Å². The van der Waals surface area contributed by atoms with E-state index in [0.29, 0.717) is 36.5 Å². The molecule has 2 aliphatic rings. The molecule has 1 aliphatic heterocycles. The minimum Gasteiger partial charge on any atom is -0.490 e. The number of hydrogen-bond acceptors (Lipinski definition) is 6. The summed E-state index contributed by atoms with van der Waals surface area (Å²) < 4.78 is 40.0. The second-order valence-corrected chi connectivity index (χ2v) is 11.5. The van der Waals surface area contributed by atoms with Crippen molar-refractivity contribution >= 4 is 16.9 Å². The molecule has 5 aromatic rings. The van der Waals surface area contributed by atoms with E-state index >= 15 is 4.39 Å². The molecule has 0 bridgehead atoms. The van der Waals surface area contributed by atoms with Gasteiger partial charge in [0.2, 0.25) is 5.91 Å². The Balaban J connectivity index is 1.50. The molecule has 1 atom stereocenters. The average Bonchev–Trinajstić information content (AvgIpc) is 3.78. The smallest absolute Gasteiger partial charge is 0.246 e. The highest BCUT2D eigenvalue weighted by Crippen LogP contribution is 2.47. The van der Waals surface area contributed by atoms with Gasteiger partial charge in [-0.05, 0) is 61.6 Å². The van der Waals surface area contributed by atoms with Crippen LogP contribution >= 0.6 is 0 Å². The number of carbonyl (C=O) groups is 1. The predicted octanol–water partition coefficient (Wildman–Crippen LogP) is 5.39. The zero-order valence-electron chi connectivity index (χ0n) is 25.1. The molecule has 0 saturated carbocycles. The molecule has 11 heteroatoms. The number of imidazole rings is 1. The zero-order chi connectivity index (χ0) is 31.4. The Morgan fingerprint density at radius 3 is 2.73 bits per heavy atom. The number of rotatable bonds is 7. The summed E-state index contributed by atoms with van der Waals surface area (Å²) >= 11 is 0. The van der Waals surface area contributed by atoms with Crippen molar-refractivity contribution in [3.63, 3.8) is 0 Å². The molecule has 9 nitrogen and oxygen atoms in total. The minimum atomic E-state index is -0.789. The Kier molecular flexibility index (Phi) is 7.20. The Morgan fingerprint density at radius 2 is 1.93 bits per heavy atom. The summed E-state index contributed by atoms with van der Waals surface area (Å²) in [6.07, 6.45) is 5.29. The second-order valence-electron chi connectivity index (χ2n) is 11.5. The fraction of sp³-hybridized carbons (Fsp3) is 0.294. The number of aryl methyl sites for hydroxylation is 1. The number of pyridine rings is 1. The van der Waals surface area contributed by atoms with Gasteiger partial charge in [0.05, 0.1) is 59.2 Å². The topological polar surface area (TPSA) is 98.3 Å². The number of carbonyl (C=O) groups excluding carboxylic acids is 1. The van der Waals surface area contributed by atoms with Crippen molar-refractivity contribution in [3.05, 3.63) is 83.8 Å². The van der Waals surface area contributed by atoms with E-state index < -0.39 is 11.6 Å². The number of amides is 1. The zero-order valence-corrected chi connectivity index (χ0v) is 25.1. The van der Waals surface area contributed by atoms with Crippen molar-refractivity contribution in [2.24, 2.45) is 7.05 Å². The van der Waals surface area contributed by atoms with Crippen LogP contribution in [-0.2, 0) is 31.2 Å². The second kappa shape index (κ2) is 11.2. The van der Waals surface area contributed by atoms with Gasteiger partial charge in [0, 0.05) is 36.9 Å². The van der Waals surface area contributed by atoms with Gasteiger partial charge in [-0.1, -0.05) is 12.6 Å². The SMILES string of the molecule is C=CC(=O)N1CCn2nc(-c3nc(-c4ccc5c(c4)ncn5C)c4c(c3-c3c(F)cc(F)cc3OCCO)CCC4)cc2[C@H]1C. The van der Waals surface area contributed by atoms with Crippen LogP contribution in [0.2, 0.25) is 0 Å². The van der Waals surface area contributed by atoms with Gasteiger partial charge >= 0.3 is 0 Å². The number of aliphatic hydroxyl groups excluding tert-OH is 1. The van der Waals surface area contributed by atoms with E-state index in [1.54, 1.807) is 11.2 Å². The molecule has 0 unspecified atom stereocenters. The minimum absolute atomic E-state index is 0.0125. The number of aliphatic hydroxyl groups is 1. The Hall–Kier alpha value is -4.90. The van der Waals surface area contributed by atoms with Crippen molar-refractivity contribution in [2.45, 2.75) is 38.8 Å². The summed E-state index contributed by atoms with van der Waals surface area (Å²) in [5.41, 5.74) is 7.68. The first-order valence-corrected chi connectivity index (χ1v) is 15.0. The number of nitrogens with zero attached hydrogens (tertiary/aromatic N) is 6. The van der Waals surface area contributed by atoms with Crippen LogP contribution in [0.15, 0.2) is 55.4 Å². The molecule has 2 aromatic carbocycles. The van der Waals surface area contributed by atoms with Crippen LogP contribution in [-0.4, -0.2) is 60.0 Å². The molecule has 0 fully saturated rings. The summed E-state index contributed by atoms with van der Waals surface area (Å²) in [6, 6.07) is 9.63. The van der Waals surface area contributed by atoms with E-state index in [9.17, 15) is 14.3 Å². The Morgan fingerprint density at radius 1 is 1.11 bits per heavy atom. The monoisotopic (exact) mass is 610 g/mol. The number of halogens is 2. The maximum atomic E-state index is 16.0. The quantitative estimate of drug-likeness (QED) is 0.248. The first-order valence-electron chi connectivity index (χ1n) is 15.0.